The minimum Gasteiger partial charge on any atom is -0.373 e. The van der Waals surface area contributed by atoms with Crippen molar-refractivity contribution in [3.63, 3.8) is 0 Å². The van der Waals surface area contributed by atoms with Crippen molar-refractivity contribution in [1.82, 2.24) is 5.32 Å². The maximum Gasteiger partial charge on any atom is 0.132 e. The summed E-state index contributed by atoms with van der Waals surface area (Å²) in [5.41, 5.74) is 8.05. The van der Waals surface area contributed by atoms with E-state index in [1.165, 1.54) is 0 Å². The van der Waals surface area contributed by atoms with Crippen molar-refractivity contribution in [3.05, 3.63) is 27.2 Å². The van der Waals surface area contributed by atoms with E-state index in [4.69, 9.17) is 28.9 Å². The van der Waals surface area contributed by atoms with Gasteiger partial charge < -0.3 is 21.5 Å². The SMILES string of the molecule is Cc1cc(C)c(Cl)c(NC(O)C2(C)CSC3[C@H]2NC=N[C@@H]3N)c1Cl. The van der Waals surface area contributed by atoms with Crippen LogP contribution in [0.5, 0.6) is 0 Å². The van der Waals surface area contributed by atoms with Crippen LogP contribution in [0.2, 0.25) is 10.0 Å². The van der Waals surface area contributed by atoms with Gasteiger partial charge in [-0.1, -0.05) is 36.2 Å². The number of thioether (sulfide) groups is 1. The van der Waals surface area contributed by atoms with E-state index in [0.29, 0.717) is 15.7 Å². The minimum absolute atomic E-state index is 0.0148. The molecule has 0 radical (unpaired) electrons. The third kappa shape index (κ3) is 2.88. The molecule has 2 aliphatic heterocycles. The van der Waals surface area contributed by atoms with E-state index < -0.39 is 11.6 Å². The number of aliphatic imine (C=N–C) groups is 1. The van der Waals surface area contributed by atoms with Crippen LogP contribution in [0, 0.1) is 19.3 Å². The Balaban J connectivity index is 1.88. The Morgan fingerprint density at radius 3 is 2.67 bits per heavy atom. The molecule has 1 fully saturated rings. The van der Waals surface area contributed by atoms with E-state index in [9.17, 15) is 5.11 Å². The van der Waals surface area contributed by atoms with Crippen LogP contribution in [0.3, 0.4) is 0 Å². The van der Waals surface area contributed by atoms with Crippen LogP contribution >= 0.6 is 35.0 Å². The molecule has 24 heavy (non-hydrogen) atoms. The fraction of sp³-hybridized carbons (Fsp3) is 0.562. The molecule has 0 amide bonds. The quantitative estimate of drug-likeness (QED) is 0.598. The number of aliphatic hydroxyl groups excluding tert-OH is 1. The van der Waals surface area contributed by atoms with E-state index >= 15 is 0 Å². The van der Waals surface area contributed by atoms with Gasteiger partial charge in [0.15, 0.2) is 0 Å². The van der Waals surface area contributed by atoms with Gasteiger partial charge in [-0.05, 0) is 25.0 Å². The van der Waals surface area contributed by atoms with Crippen LogP contribution in [-0.4, -0.2) is 40.9 Å². The molecule has 5 atom stereocenters. The van der Waals surface area contributed by atoms with Crippen molar-refractivity contribution in [2.75, 3.05) is 11.1 Å². The third-order valence-electron chi connectivity index (χ3n) is 4.93. The first-order valence-electron chi connectivity index (χ1n) is 7.80. The van der Waals surface area contributed by atoms with Gasteiger partial charge in [-0.25, -0.2) is 0 Å². The predicted octanol–water partition coefficient (Wildman–Crippen LogP) is 2.75. The number of aryl methyl sites for hydroxylation is 2. The average Bonchev–Trinajstić information content (AvgIpc) is 2.89. The van der Waals surface area contributed by atoms with Crippen LogP contribution in [0.4, 0.5) is 5.69 Å². The predicted molar refractivity (Wildman–Crippen MR) is 103 cm³/mol. The highest BCUT2D eigenvalue weighted by Crippen LogP contribution is 2.46. The van der Waals surface area contributed by atoms with Crippen LogP contribution < -0.4 is 16.4 Å². The highest BCUT2D eigenvalue weighted by Gasteiger charge is 2.53. The molecule has 3 unspecified atom stereocenters. The summed E-state index contributed by atoms with van der Waals surface area (Å²) < 4.78 is 0. The smallest absolute Gasteiger partial charge is 0.132 e. The van der Waals surface area contributed by atoms with Crippen LogP contribution in [0.15, 0.2) is 11.1 Å². The second-order valence-corrected chi connectivity index (χ2v) is 8.68. The summed E-state index contributed by atoms with van der Waals surface area (Å²) in [7, 11) is 0. The Labute approximate surface area is 156 Å². The van der Waals surface area contributed by atoms with Gasteiger partial charge in [-0.15, -0.1) is 0 Å². The molecule has 0 bridgehead atoms. The summed E-state index contributed by atoms with van der Waals surface area (Å²) in [6.45, 7) is 5.88. The zero-order valence-corrected chi connectivity index (χ0v) is 16.1. The topological polar surface area (TPSA) is 82.7 Å². The van der Waals surface area contributed by atoms with Crippen molar-refractivity contribution in [1.29, 1.82) is 0 Å². The van der Waals surface area contributed by atoms with E-state index in [0.717, 1.165) is 16.9 Å². The molecule has 1 saturated heterocycles. The standard InChI is InChI=1S/C16H22Cl2N4OS/c1-7-4-8(2)10(18)11(9(7)17)22-15(23)16(3)5-24-12-13(16)20-6-21-14(12)19/h4,6,12-15,22-23H,5,19H2,1-3H3,(H,20,21)/t12?,13-,14+,15?,16?/m1/s1. The maximum atomic E-state index is 11.0. The first-order valence-corrected chi connectivity index (χ1v) is 9.61. The molecule has 1 aromatic rings. The van der Waals surface area contributed by atoms with Gasteiger partial charge in [0.25, 0.3) is 0 Å². The lowest BCUT2D eigenvalue weighted by Crippen LogP contribution is -2.59. The lowest BCUT2D eigenvalue weighted by Gasteiger charge is -2.40. The second kappa shape index (κ2) is 6.57. The monoisotopic (exact) mass is 388 g/mol. The first-order chi connectivity index (χ1) is 11.3. The summed E-state index contributed by atoms with van der Waals surface area (Å²) >= 11 is 14.5. The molecule has 8 heteroatoms. The van der Waals surface area contributed by atoms with Gasteiger partial charge in [-0.2, -0.15) is 11.8 Å². The molecule has 1 aromatic carbocycles. The van der Waals surface area contributed by atoms with Gasteiger partial charge in [0.2, 0.25) is 0 Å². The molecule has 5 nitrogen and oxygen atoms in total. The lowest BCUT2D eigenvalue weighted by molar-refractivity contribution is 0.0552. The fourth-order valence-electron chi connectivity index (χ4n) is 3.33. The number of anilines is 1. The van der Waals surface area contributed by atoms with Crippen molar-refractivity contribution in [2.24, 2.45) is 16.1 Å². The number of halogens is 2. The number of hydrogen-bond acceptors (Lipinski definition) is 6. The zero-order chi connectivity index (χ0) is 17.6. The lowest BCUT2D eigenvalue weighted by atomic mass is 9.79. The summed E-state index contributed by atoms with van der Waals surface area (Å²) in [6, 6.07) is 1.95. The van der Waals surface area contributed by atoms with E-state index in [1.54, 1.807) is 18.1 Å². The van der Waals surface area contributed by atoms with E-state index in [1.807, 2.05) is 26.8 Å². The Hall–Kier alpha value is -0.660. The van der Waals surface area contributed by atoms with E-state index in [2.05, 4.69) is 15.6 Å². The van der Waals surface area contributed by atoms with Crippen LogP contribution in [0.1, 0.15) is 18.1 Å². The molecule has 0 aromatic heterocycles. The van der Waals surface area contributed by atoms with Gasteiger partial charge in [0.05, 0.1) is 33.4 Å². The molecule has 2 aliphatic rings. The Kier molecular flexibility index (Phi) is 4.97. The summed E-state index contributed by atoms with van der Waals surface area (Å²) in [5, 5.41) is 18.5. The highest BCUT2D eigenvalue weighted by molar-refractivity contribution is 8.00. The number of nitrogens with zero attached hydrogens (tertiary/aromatic N) is 1. The number of nitrogens with one attached hydrogen (secondary N) is 2. The van der Waals surface area contributed by atoms with Gasteiger partial charge >= 0.3 is 0 Å². The Morgan fingerprint density at radius 2 is 2.04 bits per heavy atom. The van der Waals surface area contributed by atoms with E-state index in [-0.39, 0.29) is 17.5 Å². The van der Waals surface area contributed by atoms with Crippen molar-refractivity contribution in [2.45, 2.75) is 44.5 Å². The largest absolute Gasteiger partial charge is 0.373 e. The number of nitrogens with two attached hydrogens (primary N) is 1. The van der Waals surface area contributed by atoms with Crippen LogP contribution in [0.25, 0.3) is 0 Å². The first kappa shape index (κ1) is 18.1. The molecule has 0 saturated carbocycles. The third-order valence-corrected chi connectivity index (χ3v) is 7.63. The number of hydrogen-bond donors (Lipinski definition) is 4. The molecule has 0 aliphatic carbocycles. The summed E-state index contributed by atoms with van der Waals surface area (Å²) in [5.74, 6) is 0.751. The summed E-state index contributed by atoms with van der Waals surface area (Å²) in [4.78, 5) is 4.21. The second-order valence-electron chi connectivity index (χ2n) is 6.75. The van der Waals surface area contributed by atoms with Crippen LogP contribution in [-0.2, 0) is 0 Å². The van der Waals surface area contributed by atoms with Crippen molar-refractivity contribution < 1.29 is 5.11 Å². The average molecular weight is 389 g/mol. The van der Waals surface area contributed by atoms with Crippen molar-refractivity contribution >= 4 is 47.0 Å². The highest BCUT2D eigenvalue weighted by atomic mass is 35.5. The number of rotatable bonds is 3. The molecular formula is C16H22Cl2N4OS. The number of fused-ring (bicyclic) bond motifs is 1. The molecule has 132 valence electrons. The van der Waals surface area contributed by atoms with Gasteiger partial charge in [0.1, 0.15) is 12.4 Å². The minimum atomic E-state index is -0.831. The molecule has 2 heterocycles. The zero-order valence-electron chi connectivity index (χ0n) is 13.8. The summed E-state index contributed by atoms with van der Waals surface area (Å²) in [6.07, 6.45) is 0.547. The fourth-order valence-corrected chi connectivity index (χ4v) is 5.53. The van der Waals surface area contributed by atoms with Crippen molar-refractivity contribution in [3.8, 4) is 0 Å². The normalized spacial score (nSPS) is 33.0. The maximum absolute atomic E-state index is 11.0. The molecular weight excluding hydrogens is 367 g/mol. The Bertz CT molecular complexity index is 660. The molecule has 5 N–H and O–H groups in total. The molecule has 0 spiro atoms. The Morgan fingerprint density at radius 1 is 1.42 bits per heavy atom. The number of benzene rings is 1. The van der Waals surface area contributed by atoms with Gasteiger partial charge in [-0.3, -0.25) is 4.99 Å². The van der Waals surface area contributed by atoms with Gasteiger partial charge in [0, 0.05) is 11.2 Å². The molecule has 3 rings (SSSR count). The number of aliphatic hydroxyl groups is 1.